The summed E-state index contributed by atoms with van der Waals surface area (Å²) in [5.74, 6) is -1.79. The van der Waals surface area contributed by atoms with Crippen LogP contribution in [0.4, 0.5) is 0 Å². The largest absolute Gasteiger partial charge is 0.387 e. The van der Waals surface area contributed by atoms with E-state index in [2.05, 4.69) is 21.8 Å². The highest BCUT2D eigenvalue weighted by atomic mass is 35.5. The molecule has 0 aromatic heterocycles. The molecule has 1 aromatic rings. The summed E-state index contributed by atoms with van der Waals surface area (Å²) in [4.78, 5) is 63.6. The molecule has 1 saturated heterocycles. The zero-order valence-corrected chi connectivity index (χ0v) is 30.8. The van der Waals surface area contributed by atoms with Gasteiger partial charge in [-0.3, -0.25) is 23.9 Å². The Balaban J connectivity index is 1.26. The Morgan fingerprint density at radius 1 is 1.12 bits per heavy atom. The number of hydrogen-bond acceptors (Lipinski definition) is 8. The summed E-state index contributed by atoms with van der Waals surface area (Å²) in [6.07, 6.45) is 8.69. The second-order valence-electron chi connectivity index (χ2n) is 16.3. The van der Waals surface area contributed by atoms with Crippen LogP contribution in [0.25, 0.3) is 0 Å². The molecule has 2 aliphatic heterocycles. The Bertz CT molecular complexity index is 1700. The molecule has 0 unspecified atom stereocenters. The quantitative estimate of drug-likeness (QED) is 0.286. The van der Waals surface area contributed by atoms with E-state index in [9.17, 15) is 27.6 Å². The highest BCUT2D eigenvalue weighted by Gasteiger charge is 2.63. The van der Waals surface area contributed by atoms with Gasteiger partial charge in [-0.15, -0.1) is 6.58 Å². The van der Waals surface area contributed by atoms with Crippen LogP contribution in [0.5, 0.6) is 0 Å². The lowest BCUT2D eigenvalue weighted by atomic mass is 9.84. The molecule has 3 amide bonds. The smallest absolute Gasteiger partial charge is 0.246 e. The average Bonchev–Trinajstić information content (AvgIpc) is 3.97. The first-order valence-corrected chi connectivity index (χ1v) is 19.8. The van der Waals surface area contributed by atoms with Crippen LogP contribution in [0.15, 0.2) is 42.1 Å². The Hall–Kier alpha value is -3.25. The molecule has 5 aliphatic rings. The van der Waals surface area contributed by atoms with E-state index >= 15 is 0 Å². The number of likely N-dealkylation sites (tertiary alicyclic amines) is 1. The van der Waals surface area contributed by atoms with E-state index in [0.29, 0.717) is 36.4 Å². The fourth-order valence-electron chi connectivity index (χ4n) is 8.00. The number of carbonyl (C=O) groups is 4. The van der Waals surface area contributed by atoms with Gasteiger partial charge in [0.2, 0.25) is 27.7 Å². The first-order valence-electron chi connectivity index (χ1n) is 17.9. The summed E-state index contributed by atoms with van der Waals surface area (Å²) in [5, 5.41) is 7.34. The molecule has 2 heterocycles. The molecule has 50 heavy (non-hydrogen) atoms. The average molecular weight is 729 g/mol. The molecule has 3 saturated carbocycles. The maximum atomic E-state index is 14.6. The van der Waals surface area contributed by atoms with E-state index in [4.69, 9.17) is 16.4 Å². The highest BCUT2D eigenvalue weighted by molar-refractivity contribution is 7.90. The van der Waals surface area contributed by atoms with Gasteiger partial charge in [-0.05, 0) is 61.5 Å². The summed E-state index contributed by atoms with van der Waals surface area (Å²) < 4.78 is 27.7. The Kier molecular flexibility index (Phi) is 10.0. The second kappa shape index (κ2) is 13.7. The van der Waals surface area contributed by atoms with Crippen LogP contribution in [0, 0.1) is 22.7 Å². The normalized spacial score (nSPS) is 28.8. The van der Waals surface area contributed by atoms with E-state index in [0.717, 1.165) is 31.2 Å². The number of carbonyl (C=O) groups excluding carboxylic acids is 4. The molecular formula is C37H49ClN4O7S. The zero-order chi connectivity index (χ0) is 36.1. The predicted molar refractivity (Wildman–Crippen MR) is 190 cm³/mol. The SMILES string of the molecule is C=C[C@@H]1C[C@]1(CC(=O)[C@@H]1C[C@]2(CC(c3cccc(Cl)c3)=NO2)CN1C(=O)[C@@H](NC(=O)CC1CCCCC1)C(C)(C)C)C(=O)NS(=O)(=O)C1CC1. The molecule has 3 aliphatic carbocycles. The van der Waals surface area contributed by atoms with Gasteiger partial charge < -0.3 is 15.1 Å². The lowest BCUT2D eigenvalue weighted by molar-refractivity contribution is -0.144. The molecular weight excluding hydrogens is 680 g/mol. The van der Waals surface area contributed by atoms with Crippen molar-refractivity contribution < 1.29 is 32.4 Å². The van der Waals surface area contributed by atoms with Gasteiger partial charge >= 0.3 is 0 Å². The van der Waals surface area contributed by atoms with E-state index in [-0.39, 0.29) is 49.3 Å². The lowest BCUT2D eigenvalue weighted by Gasteiger charge is -2.36. The topological polar surface area (TPSA) is 151 Å². The third-order valence-electron chi connectivity index (χ3n) is 11.2. The van der Waals surface area contributed by atoms with Gasteiger partial charge in [-0.2, -0.15) is 0 Å². The van der Waals surface area contributed by atoms with Crippen LogP contribution < -0.4 is 10.0 Å². The number of allylic oxidation sites excluding steroid dienone is 1. The number of nitrogens with one attached hydrogen (secondary N) is 2. The second-order valence-corrected chi connectivity index (χ2v) is 18.7. The standard InChI is InChI=1S/C37H49ClN4O7S/c1-5-25-18-37(25,34(46)41-50(47,48)27-14-15-27)21-30(43)29-20-36(19-28(40-49-36)24-12-9-13-26(38)17-24)22-42(29)33(45)32(35(2,3)4)39-31(44)16-23-10-7-6-8-11-23/h5,9,12-13,17,23,25,27,29,32H,1,6-8,10-11,14-16,18-22H2,2-4H3,(H,39,44)(H,41,46)/t25-,29+,32-,36-,37-/m1/s1. The van der Waals surface area contributed by atoms with Crippen LogP contribution >= 0.6 is 11.6 Å². The van der Waals surface area contributed by atoms with Gasteiger partial charge in [0.25, 0.3) is 0 Å². The molecule has 0 radical (unpaired) electrons. The molecule has 5 atom stereocenters. The molecule has 11 nitrogen and oxygen atoms in total. The van der Waals surface area contributed by atoms with Gasteiger partial charge in [0.15, 0.2) is 11.4 Å². The van der Waals surface area contributed by atoms with E-state index in [1.807, 2.05) is 32.9 Å². The third kappa shape index (κ3) is 7.66. The van der Waals surface area contributed by atoms with Crippen LogP contribution in [0.1, 0.15) is 103 Å². The number of benzene rings is 1. The number of amides is 3. The Labute approximate surface area is 300 Å². The maximum absolute atomic E-state index is 14.6. The summed E-state index contributed by atoms with van der Waals surface area (Å²) in [7, 11) is -3.84. The van der Waals surface area contributed by atoms with Gasteiger partial charge in [0, 0.05) is 36.3 Å². The fourth-order valence-corrected chi connectivity index (χ4v) is 9.58. The molecule has 6 rings (SSSR count). The number of hydrogen-bond donors (Lipinski definition) is 2. The van der Waals surface area contributed by atoms with Crippen molar-refractivity contribution in [3.63, 3.8) is 0 Å². The van der Waals surface area contributed by atoms with Crippen molar-refractivity contribution in [2.75, 3.05) is 6.54 Å². The Morgan fingerprint density at radius 2 is 1.84 bits per heavy atom. The van der Waals surface area contributed by atoms with E-state index in [1.165, 1.54) is 11.3 Å². The highest BCUT2D eigenvalue weighted by Crippen LogP contribution is 2.57. The predicted octanol–water partition coefficient (Wildman–Crippen LogP) is 5.07. The van der Waals surface area contributed by atoms with Gasteiger partial charge in [-0.25, -0.2) is 8.42 Å². The fraction of sp³-hybridized carbons (Fsp3) is 0.649. The minimum absolute atomic E-state index is 0.0427. The number of Topliss-reactive ketones (excluding diaryl/α,β-unsaturated/α-hetero) is 1. The molecule has 1 spiro atoms. The Morgan fingerprint density at radius 3 is 2.46 bits per heavy atom. The van der Waals surface area contributed by atoms with Crippen LogP contribution in [0.3, 0.4) is 0 Å². The van der Waals surface area contributed by atoms with E-state index < -0.39 is 55.6 Å². The van der Waals surface area contributed by atoms with Gasteiger partial charge in [0.1, 0.15) is 6.04 Å². The summed E-state index contributed by atoms with van der Waals surface area (Å²) in [6.45, 7) is 9.50. The van der Waals surface area contributed by atoms with Crippen molar-refractivity contribution in [3.05, 3.63) is 47.5 Å². The molecule has 1 aromatic carbocycles. The maximum Gasteiger partial charge on any atom is 0.246 e. The number of nitrogens with zero attached hydrogens (tertiary/aromatic N) is 2. The molecule has 4 fully saturated rings. The van der Waals surface area contributed by atoms with Crippen LogP contribution in [-0.2, 0) is 34.0 Å². The number of rotatable bonds is 12. The van der Waals surface area contributed by atoms with Crippen molar-refractivity contribution in [2.24, 2.45) is 27.8 Å². The number of oxime groups is 1. The number of halogens is 1. The van der Waals surface area contributed by atoms with Crippen molar-refractivity contribution in [2.45, 2.75) is 121 Å². The lowest BCUT2D eigenvalue weighted by Crippen LogP contribution is -2.57. The molecule has 13 heteroatoms. The van der Waals surface area contributed by atoms with Crippen molar-refractivity contribution >= 4 is 50.8 Å². The minimum Gasteiger partial charge on any atom is -0.387 e. The van der Waals surface area contributed by atoms with Crippen molar-refractivity contribution in [1.82, 2.24) is 14.9 Å². The third-order valence-corrected chi connectivity index (χ3v) is 13.3. The van der Waals surface area contributed by atoms with Crippen molar-refractivity contribution in [1.29, 1.82) is 0 Å². The molecule has 0 bridgehead atoms. The minimum atomic E-state index is -3.84. The van der Waals surface area contributed by atoms with E-state index in [1.54, 1.807) is 18.2 Å². The number of sulfonamides is 1. The molecule has 272 valence electrons. The van der Waals surface area contributed by atoms with Gasteiger partial charge in [-0.1, -0.05) is 75.0 Å². The first kappa shape index (κ1) is 36.5. The molecule has 2 N–H and O–H groups in total. The van der Waals surface area contributed by atoms with Crippen LogP contribution in [-0.4, -0.2) is 72.0 Å². The first-order chi connectivity index (χ1) is 23.6. The van der Waals surface area contributed by atoms with Gasteiger partial charge in [0.05, 0.1) is 29.0 Å². The zero-order valence-electron chi connectivity index (χ0n) is 29.2. The monoisotopic (exact) mass is 728 g/mol. The van der Waals surface area contributed by atoms with Crippen LogP contribution in [0.2, 0.25) is 5.02 Å². The summed E-state index contributed by atoms with van der Waals surface area (Å²) in [5.41, 5.74) is -1.58. The number of ketones is 1. The summed E-state index contributed by atoms with van der Waals surface area (Å²) >= 11 is 6.26. The summed E-state index contributed by atoms with van der Waals surface area (Å²) in [6, 6.07) is 5.29. The van der Waals surface area contributed by atoms with Crippen molar-refractivity contribution in [3.8, 4) is 0 Å².